The summed E-state index contributed by atoms with van der Waals surface area (Å²) in [5.41, 5.74) is 1.29. The Balaban J connectivity index is 3.07. The van der Waals surface area contributed by atoms with Gasteiger partial charge in [-0.25, -0.2) is 0 Å². The summed E-state index contributed by atoms with van der Waals surface area (Å²) < 4.78 is 2.24. The van der Waals surface area contributed by atoms with Gasteiger partial charge in [0.25, 0.3) is 0 Å². The second-order valence-corrected chi connectivity index (χ2v) is 4.33. The van der Waals surface area contributed by atoms with Gasteiger partial charge in [0.05, 0.1) is 4.34 Å². The van der Waals surface area contributed by atoms with E-state index in [-0.39, 0.29) is 0 Å². The largest absolute Gasteiger partial charge is 0.131 e. The Labute approximate surface area is 77.4 Å². The minimum atomic E-state index is 0.946. The van der Waals surface area contributed by atoms with E-state index in [2.05, 4.69) is 34.9 Å². The maximum Gasteiger partial charge on any atom is 0.0971 e. The lowest BCUT2D eigenvalue weighted by atomic mass is 10.3. The van der Waals surface area contributed by atoms with Crippen molar-refractivity contribution in [3.63, 3.8) is 0 Å². The van der Waals surface area contributed by atoms with Crippen LogP contribution in [-0.4, -0.2) is 0 Å². The van der Waals surface area contributed by atoms with Gasteiger partial charge in [-0.15, -0.1) is 11.3 Å². The summed E-state index contributed by atoms with van der Waals surface area (Å²) in [6.45, 7) is 2.12. The first-order chi connectivity index (χ1) is 4.25. The molecule has 0 aromatic carbocycles. The number of rotatable bonds is 1. The van der Waals surface area contributed by atoms with Crippen LogP contribution in [0.5, 0.6) is 0 Å². The first-order valence-corrected chi connectivity index (χ1v) is 5.00. The lowest BCUT2D eigenvalue weighted by Crippen LogP contribution is -1.77. The molecule has 9 heavy (non-hydrogen) atoms. The summed E-state index contributed by atoms with van der Waals surface area (Å²) in [6.07, 6.45) is 1.04. The van der Waals surface area contributed by atoms with E-state index in [1.54, 1.807) is 11.3 Å². The summed E-state index contributed by atoms with van der Waals surface area (Å²) in [5, 5.41) is 2.09. The monoisotopic (exact) mass is 272 g/mol. The van der Waals surface area contributed by atoms with Crippen molar-refractivity contribution in [2.75, 3.05) is 0 Å². The van der Waals surface area contributed by atoms with Crippen LogP contribution in [0, 0.1) is 3.57 Å². The van der Waals surface area contributed by atoms with Crippen molar-refractivity contribution in [1.29, 1.82) is 0 Å². The number of halogens is 2. The molecule has 0 fully saturated rings. The van der Waals surface area contributed by atoms with Gasteiger partial charge in [0, 0.05) is 8.95 Å². The molecule has 0 nitrogen and oxygen atoms in total. The van der Waals surface area contributed by atoms with E-state index < -0.39 is 0 Å². The molecule has 1 aromatic heterocycles. The van der Waals surface area contributed by atoms with Crippen LogP contribution in [0.2, 0.25) is 4.34 Å². The van der Waals surface area contributed by atoms with Crippen LogP contribution in [0.1, 0.15) is 12.5 Å². The molecule has 0 N–H and O–H groups in total. The van der Waals surface area contributed by atoms with Crippen LogP contribution in [0.25, 0.3) is 0 Å². The van der Waals surface area contributed by atoms with Crippen molar-refractivity contribution >= 4 is 45.5 Å². The van der Waals surface area contributed by atoms with Crippen LogP contribution in [0.4, 0.5) is 0 Å². The van der Waals surface area contributed by atoms with Crippen LogP contribution < -0.4 is 0 Å². The van der Waals surface area contributed by atoms with E-state index in [1.807, 2.05) is 0 Å². The molecule has 3 heteroatoms. The molecule has 0 saturated carbocycles. The third-order valence-corrected chi connectivity index (χ3v) is 3.83. The maximum atomic E-state index is 5.86. The van der Waals surface area contributed by atoms with Gasteiger partial charge in [0.15, 0.2) is 0 Å². The molecule has 0 unspecified atom stereocenters. The molecule has 1 rings (SSSR count). The van der Waals surface area contributed by atoms with E-state index in [9.17, 15) is 0 Å². The van der Waals surface area contributed by atoms with Crippen molar-refractivity contribution in [2.24, 2.45) is 0 Å². The fourth-order valence-electron chi connectivity index (χ4n) is 0.647. The molecular formula is C6H6ClIS. The van der Waals surface area contributed by atoms with Gasteiger partial charge < -0.3 is 0 Å². The standard InChI is InChI=1S/C6H6ClIS/c1-2-4-5(8)3-9-6(4)7/h3H,2H2,1H3. The lowest BCUT2D eigenvalue weighted by Gasteiger charge is -1.90. The Morgan fingerprint density at radius 3 is 2.67 bits per heavy atom. The van der Waals surface area contributed by atoms with Crippen molar-refractivity contribution in [2.45, 2.75) is 13.3 Å². The molecule has 0 aliphatic heterocycles. The third-order valence-electron chi connectivity index (χ3n) is 1.14. The minimum Gasteiger partial charge on any atom is -0.131 e. The van der Waals surface area contributed by atoms with Crippen LogP contribution in [0.15, 0.2) is 5.38 Å². The molecule has 0 spiro atoms. The normalized spacial score (nSPS) is 10.1. The van der Waals surface area contributed by atoms with Gasteiger partial charge in [-0.05, 0) is 34.6 Å². The zero-order chi connectivity index (χ0) is 6.85. The average Bonchev–Trinajstić information content (AvgIpc) is 2.12. The first kappa shape index (κ1) is 7.82. The van der Waals surface area contributed by atoms with E-state index in [4.69, 9.17) is 11.6 Å². The molecule has 50 valence electrons. The van der Waals surface area contributed by atoms with Gasteiger partial charge >= 0.3 is 0 Å². The topological polar surface area (TPSA) is 0 Å². The summed E-state index contributed by atoms with van der Waals surface area (Å²) in [5.74, 6) is 0. The van der Waals surface area contributed by atoms with Gasteiger partial charge in [0.1, 0.15) is 0 Å². The van der Waals surface area contributed by atoms with E-state index in [1.165, 1.54) is 9.13 Å². The molecule has 1 heterocycles. The Hall–Kier alpha value is 0.720. The molecule has 0 amide bonds. The maximum absolute atomic E-state index is 5.86. The Morgan fingerprint density at radius 1 is 1.78 bits per heavy atom. The lowest BCUT2D eigenvalue weighted by molar-refractivity contribution is 1.14. The highest BCUT2D eigenvalue weighted by Crippen LogP contribution is 2.28. The van der Waals surface area contributed by atoms with E-state index in [0.717, 1.165) is 10.8 Å². The molecular weight excluding hydrogens is 266 g/mol. The fourth-order valence-corrected chi connectivity index (χ4v) is 3.14. The molecule has 0 aliphatic rings. The van der Waals surface area contributed by atoms with Crippen LogP contribution in [0.3, 0.4) is 0 Å². The minimum absolute atomic E-state index is 0.946. The molecule has 0 aliphatic carbocycles. The predicted octanol–water partition coefficient (Wildman–Crippen LogP) is 3.57. The Kier molecular flexibility index (Phi) is 2.79. The molecule has 0 bridgehead atoms. The highest BCUT2D eigenvalue weighted by molar-refractivity contribution is 14.1. The zero-order valence-electron chi connectivity index (χ0n) is 4.95. The van der Waals surface area contributed by atoms with Crippen LogP contribution >= 0.6 is 45.5 Å². The summed E-state index contributed by atoms with van der Waals surface area (Å²) in [7, 11) is 0. The van der Waals surface area contributed by atoms with Gasteiger partial charge in [-0.1, -0.05) is 18.5 Å². The molecule has 1 aromatic rings. The average molecular weight is 273 g/mol. The summed E-state index contributed by atoms with van der Waals surface area (Å²) in [4.78, 5) is 0. The van der Waals surface area contributed by atoms with Crippen molar-refractivity contribution in [3.05, 3.63) is 18.9 Å². The second-order valence-electron chi connectivity index (χ2n) is 1.69. The Bertz CT molecular complexity index is 187. The number of thiophene rings is 1. The van der Waals surface area contributed by atoms with Crippen LogP contribution in [-0.2, 0) is 6.42 Å². The number of hydrogen-bond donors (Lipinski definition) is 0. The smallest absolute Gasteiger partial charge is 0.0971 e. The van der Waals surface area contributed by atoms with Gasteiger partial charge in [-0.2, -0.15) is 0 Å². The highest BCUT2D eigenvalue weighted by atomic mass is 127. The number of hydrogen-bond acceptors (Lipinski definition) is 1. The third kappa shape index (κ3) is 1.59. The first-order valence-electron chi connectivity index (χ1n) is 2.67. The van der Waals surface area contributed by atoms with E-state index >= 15 is 0 Å². The highest BCUT2D eigenvalue weighted by Gasteiger charge is 2.03. The second kappa shape index (κ2) is 3.21. The van der Waals surface area contributed by atoms with Gasteiger partial charge in [0.2, 0.25) is 0 Å². The van der Waals surface area contributed by atoms with Gasteiger partial charge in [-0.3, -0.25) is 0 Å². The SMILES string of the molecule is CCc1c(I)csc1Cl. The molecule has 0 atom stereocenters. The van der Waals surface area contributed by atoms with Crippen molar-refractivity contribution in [1.82, 2.24) is 0 Å². The molecule has 0 saturated heterocycles. The molecule has 0 radical (unpaired) electrons. The summed E-state index contributed by atoms with van der Waals surface area (Å²) in [6, 6.07) is 0. The van der Waals surface area contributed by atoms with E-state index in [0.29, 0.717) is 0 Å². The van der Waals surface area contributed by atoms with Crippen molar-refractivity contribution in [3.8, 4) is 0 Å². The predicted molar refractivity (Wildman–Crippen MR) is 51.4 cm³/mol. The Morgan fingerprint density at radius 2 is 2.44 bits per heavy atom. The quantitative estimate of drug-likeness (QED) is 0.686. The zero-order valence-corrected chi connectivity index (χ0v) is 8.68. The fraction of sp³-hybridized carbons (Fsp3) is 0.333. The summed E-state index contributed by atoms with van der Waals surface area (Å²) >= 11 is 9.78. The van der Waals surface area contributed by atoms with Crippen molar-refractivity contribution < 1.29 is 0 Å².